The maximum Gasteiger partial charge on any atom is 1.00 e. The van der Waals surface area contributed by atoms with E-state index in [4.69, 9.17) is 14.1 Å². The zero-order chi connectivity index (χ0) is 49.3. The summed E-state index contributed by atoms with van der Waals surface area (Å²) < 4.78 is 134. The maximum absolute atomic E-state index is 12.3. The van der Waals surface area contributed by atoms with Gasteiger partial charge in [-0.15, -0.1) is 13.8 Å². The second-order valence-electron chi connectivity index (χ2n) is 13.1. The summed E-state index contributed by atoms with van der Waals surface area (Å²) in [6.45, 7) is 3.30. The molecule has 0 spiro atoms. The largest absolute Gasteiger partial charge is 1.00 e. The molecule has 0 amide bonds. The summed E-state index contributed by atoms with van der Waals surface area (Å²) >= 11 is 0.441. The first-order valence-electron chi connectivity index (χ1n) is 18.8. The third-order valence-corrected chi connectivity index (χ3v) is 14.3. The third-order valence-electron chi connectivity index (χ3n) is 8.82. The Kier molecular flexibility index (Phi) is 33.8. The summed E-state index contributed by atoms with van der Waals surface area (Å²) in [6.07, 6.45) is 1.15. The van der Waals surface area contributed by atoms with Crippen LogP contribution in [0.1, 0.15) is 25.0 Å². The minimum atomic E-state index is -4.80. The van der Waals surface area contributed by atoms with E-state index >= 15 is 0 Å². The average molecular weight is 1140 g/mol. The van der Waals surface area contributed by atoms with Gasteiger partial charge in [-0.25, -0.2) is 33.7 Å². The number of anilines is 2. The fraction of sp³-hybridized carbons (Fsp3) is 0.243. The van der Waals surface area contributed by atoms with Crippen LogP contribution in [-0.4, -0.2) is 73.4 Å². The summed E-state index contributed by atoms with van der Waals surface area (Å²) in [4.78, 5) is -0.427. The zero-order valence-corrected chi connectivity index (χ0v) is 51.7. The van der Waals surface area contributed by atoms with E-state index in [1.165, 1.54) is 54.6 Å². The normalized spacial score (nSPS) is 11.7. The molecule has 0 aromatic heterocycles. The van der Waals surface area contributed by atoms with Crippen molar-refractivity contribution in [3.8, 4) is 0 Å². The Hall–Kier alpha value is -0.740. The van der Waals surface area contributed by atoms with Gasteiger partial charge in [-0.1, -0.05) is 38.1 Å². The Morgan fingerprint density at radius 2 is 1.04 bits per heavy atom. The zero-order valence-electron chi connectivity index (χ0n) is 38.8. The van der Waals surface area contributed by atoms with E-state index in [1.54, 1.807) is 30.3 Å². The van der Waals surface area contributed by atoms with Crippen molar-refractivity contribution in [2.24, 2.45) is 20.5 Å². The van der Waals surface area contributed by atoms with E-state index in [0.29, 0.717) is 35.3 Å². The van der Waals surface area contributed by atoms with Crippen LogP contribution in [0.5, 0.6) is 0 Å². The molecule has 34 heteroatoms. The molecule has 0 saturated heterocycles. The SMILES string of the molecule is CCc1cc(NCS(=O)(=O)[O-])c(CC)cc1N=Nc1ccc(S(=O)(=O)CCOSOO[O-])cc1.Nc1c(N=Nc2ccc(S(=O)(=O)CCOSOO[O-])cc2)cc(S(=O)(=O)[O-])c2ccccc12.[Na+].[Na+].[Na+].[Na+]. The van der Waals surface area contributed by atoms with E-state index in [2.05, 4.69) is 44.5 Å². The van der Waals surface area contributed by atoms with Crippen LogP contribution in [0.4, 0.5) is 34.1 Å². The van der Waals surface area contributed by atoms with Crippen molar-refractivity contribution >= 4 is 109 Å². The van der Waals surface area contributed by atoms with Crippen LogP contribution in [0.25, 0.3) is 10.8 Å². The van der Waals surface area contributed by atoms with Gasteiger partial charge in [0.1, 0.15) is 31.8 Å². The van der Waals surface area contributed by atoms with Gasteiger partial charge in [0.2, 0.25) is 0 Å². The molecule has 5 aromatic carbocycles. The summed E-state index contributed by atoms with van der Waals surface area (Å²) in [5, 5.41) is 44.9. The van der Waals surface area contributed by atoms with Crippen molar-refractivity contribution in [1.29, 1.82) is 0 Å². The Bertz CT molecular complexity index is 2990. The molecule has 5 rings (SSSR count). The molecule has 0 aliphatic rings. The predicted octanol–water partition coefficient (Wildman–Crippen LogP) is -6.95. The molecule has 0 atom stereocenters. The fourth-order valence-electron chi connectivity index (χ4n) is 5.63. The minimum absolute atomic E-state index is 0. The number of benzene rings is 5. The summed E-state index contributed by atoms with van der Waals surface area (Å²) in [5.74, 6) is -1.44. The number of aryl methyl sites for hydroxylation is 2. The van der Waals surface area contributed by atoms with Gasteiger partial charge in [0, 0.05) is 16.5 Å². The molecule has 0 unspecified atom stereocenters. The van der Waals surface area contributed by atoms with Gasteiger partial charge >= 0.3 is 118 Å². The van der Waals surface area contributed by atoms with Crippen molar-refractivity contribution in [2.45, 2.75) is 41.4 Å². The number of nitrogens with one attached hydrogen (secondary N) is 1. The van der Waals surface area contributed by atoms with Gasteiger partial charge in [0.25, 0.3) is 0 Å². The van der Waals surface area contributed by atoms with Crippen LogP contribution < -0.4 is 140 Å². The molecule has 0 bridgehead atoms. The van der Waals surface area contributed by atoms with Gasteiger partial charge < -0.3 is 30.7 Å². The van der Waals surface area contributed by atoms with E-state index in [9.17, 15) is 53.3 Å². The number of hydrogen-bond donors (Lipinski definition) is 2. The summed E-state index contributed by atoms with van der Waals surface area (Å²) in [6, 6.07) is 21.9. The first kappa shape index (κ1) is 70.3. The Morgan fingerprint density at radius 1 is 0.592 bits per heavy atom. The van der Waals surface area contributed by atoms with Crippen LogP contribution in [0, 0.1) is 0 Å². The first-order valence-corrected chi connectivity index (χ1v) is 26.4. The predicted molar refractivity (Wildman–Crippen MR) is 236 cm³/mol. The molecule has 0 radical (unpaired) electrons. The smallest absolute Gasteiger partial charge is 0.747 e. The molecule has 364 valence electrons. The number of nitrogens with zero attached hydrogens (tertiary/aromatic N) is 4. The van der Waals surface area contributed by atoms with Crippen molar-refractivity contribution in [2.75, 3.05) is 41.6 Å². The maximum atomic E-state index is 12.3. The number of nitrogens with two attached hydrogens (primary N) is 1. The van der Waals surface area contributed by atoms with E-state index < -0.39 is 50.7 Å². The van der Waals surface area contributed by atoms with Crippen molar-refractivity contribution in [3.05, 3.63) is 102 Å². The monoisotopic (exact) mass is 1140 g/mol. The Balaban J connectivity index is 0.00000131. The molecule has 5 aromatic rings. The van der Waals surface area contributed by atoms with Crippen molar-refractivity contribution in [3.63, 3.8) is 0 Å². The Morgan fingerprint density at radius 3 is 1.46 bits per heavy atom. The van der Waals surface area contributed by atoms with Crippen LogP contribution >= 0.6 is 24.6 Å². The first-order chi connectivity index (χ1) is 31.7. The summed E-state index contributed by atoms with van der Waals surface area (Å²) in [7, 11) is -16.5. The third kappa shape index (κ3) is 23.2. The van der Waals surface area contributed by atoms with E-state index in [-0.39, 0.29) is 200 Å². The van der Waals surface area contributed by atoms with E-state index in [1.807, 2.05) is 13.8 Å². The molecular formula is C37H38N6Na4O18S6. The Labute approximate surface area is 507 Å². The second-order valence-corrected chi connectivity index (χ2v) is 21.1. The van der Waals surface area contributed by atoms with Crippen molar-refractivity contribution < 1.29 is 199 Å². The molecule has 0 heterocycles. The number of sulfone groups is 2. The van der Waals surface area contributed by atoms with Gasteiger partial charge in [-0.2, -0.15) is 15.3 Å². The van der Waals surface area contributed by atoms with Gasteiger partial charge in [-0.3, -0.25) is 18.4 Å². The molecule has 71 heavy (non-hydrogen) atoms. The quantitative estimate of drug-likeness (QED) is 0.00847. The van der Waals surface area contributed by atoms with Gasteiger partial charge in [0.15, 0.2) is 44.3 Å². The molecule has 0 fully saturated rings. The number of fused-ring (bicyclic) bond motifs is 1. The molecule has 3 N–H and O–H groups in total. The topological polar surface area (TPSA) is 372 Å². The van der Waals surface area contributed by atoms with Crippen LogP contribution in [0.15, 0.2) is 126 Å². The average Bonchev–Trinajstić information content (AvgIpc) is 3.29. The molecule has 0 saturated carbocycles. The number of hydrogen-bond acceptors (Lipinski definition) is 26. The molecule has 0 aliphatic heterocycles. The van der Waals surface area contributed by atoms with Crippen LogP contribution in [0.2, 0.25) is 0 Å². The number of azo groups is 2. The minimum Gasteiger partial charge on any atom is -0.747 e. The standard InChI is InChI=1S/C19H25N3O9S3.C18H17N3O9S3.4Na/c1-3-14-12-19(15(4-2)11-18(14)20-13-34(26,27)28)22-21-16-5-7-17(8-6-16)33(24,25)10-9-29-32-31-30-23;19-18-15-4-2-1-3-14(15)17(33(25,26)27)11-16(18)21-20-12-5-7-13(8-6-12)32(23,24)10-9-28-31-30-29-22;;;;/h5-8,11-12,20,23H,3-4,9-10,13H2,1-2H3,(H,26,27,28);1-8,11,22H,9-10,19H2,(H,25,26,27);;;;/q;;4*+1/p-4. The van der Waals surface area contributed by atoms with Gasteiger partial charge in [-0.05, 0) is 90.7 Å². The molecule has 24 nitrogen and oxygen atoms in total. The van der Waals surface area contributed by atoms with Crippen LogP contribution in [0.3, 0.4) is 0 Å². The molecular weight excluding hydrogens is 1100 g/mol. The fourth-order valence-corrected chi connectivity index (χ4v) is 9.48. The van der Waals surface area contributed by atoms with Gasteiger partial charge in [0.05, 0.1) is 62.2 Å². The second kappa shape index (κ2) is 34.1. The number of rotatable bonds is 24. The van der Waals surface area contributed by atoms with E-state index in [0.717, 1.165) is 17.2 Å². The summed E-state index contributed by atoms with van der Waals surface area (Å²) in [5.41, 5.74) is 9.52. The number of nitrogen functional groups attached to an aromatic ring is 1. The van der Waals surface area contributed by atoms with Crippen molar-refractivity contribution in [1.82, 2.24) is 0 Å². The molecule has 0 aliphatic carbocycles. The van der Waals surface area contributed by atoms with Crippen LogP contribution in [-0.2, 0) is 79.9 Å².